The van der Waals surface area contributed by atoms with Gasteiger partial charge in [0.2, 0.25) is 5.76 Å². The van der Waals surface area contributed by atoms with Gasteiger partial charge in [-0.1, -0.05) is 0 Å². The number of fused-ring (bicyclic) bond motifs is 1. The number of furan rings is 1. The van der Waals surface area contributed by atoms with Gasteiger partial charge in [0, 0.05) is 12.4 Å². The molecule has 7 nitrogen and oxygen atoms in total. The van der Waals surface area contributed by atoms with E-state index in [1.165, 1.54) is 13.1 Å². The Hall–Kier alpha value is -1.90. The van der Waals surface area contributed by atoms with Crippen LogP contribution in [0.2, 0.25) is 0 Å². The number of rotatable bonds is 4. The molecule has 0 radical (unpaired) electrons. The minimum Gasteiger partial charge on any atom is -0.475 e. The first-order valence-electron chi connectivity index (χ1n) is 4.77. The molecule has 1 aromatic carbocycles. The van der Waals surface area contributed by atoms with Crippen LogP contribution in [0.5, 0.6) is 0 Å². The quantitative estimate of drug-likeness (QED) is 0.643. The molecule has 0 bridgehead atoms. The van der Waals surface area contributed by atoms with Gasteiger partial charge in [-0.3, -0.25) is 4.55 Å². The molecule has 0 saturated carbocycles. The van der Waals surface area contributed by atoms with Gasteiger partial charge in [-0.05, 0) is 24.3 Å². The summed E-state index contributed by atoms with van der Waals surface area (Å²) < 4.78 is 28.7. The van der Waals surface area contributed by atoms with Crippen LogP contribution in [0.1, 0.15) is 10.6 Å². The van der Waals surface area contributed by atoms with Gasteiger partial charge in [0.05, 0.1) is 5.69 Å². The zero-order valence-corrected chi connectivity index (χ0v) is 10.0. The molecule has 2 N–H and O–H groups in total. The van der Waals surface area contributed by atoms with Crippen molar-refractivity contribution in [1.82, 2.24) is 0 Å². The van der Waals surface area contributed by atoms with E-state index in [4.69, 9.17) is 14.1 Å². The van der Waals surface area contributed by atoms with Crippen LogP contribution in [-0.2, 0) is 15.6 Å². The van der Waals surface area contributed by atoms with Crippen molar-refractivity contribution in [2.75, 3.05) is 12.1 Å². The van der Waals surface area contributed by atoms with Gasteiger partial charge in [-0.25, -0.2) is 9.86 Å². The molecule has 0 saturated heterocycles. The van der Waals surface area contributed by atoms with Crippen LogP contribution in [0, 0.1) is 0 Å². The number of nitrogens with zero attached hydrogens (tertiary/aromatic N) is 1. The number of benzene rings is 1. The Labute approximate surface area is 104 Å². The van der Waals surface area contributed by atoms with Gasteiger partial charge in [-0.2, -0.15) is 4.21 Å². The van der Waals surface area contributed by atoms with Gasteiger partial charge in [0.25, 0.3) is 0 Å². The van der Waals surface area contributed by atoms with E-state index >= 15 is 0 Å². The second-order valence-corrected chi connectivity index (χ2v) is 4.01. The predicted octanol–water partition coefficient (Wildman–Crippen LogP) is 1.64. The third kappa shape index (κ3) is 2.50. The fraction of sp³-hybridized carbons (Fsp3) is 0.100. The molecule has 1 aromatic heterocycles. The second-order valence-electron chi connectivity index (χ2n) is 3.43. The maximum atomic E-state index is 10.7. The predicted molar refractivity (Wildman–Crippen MR) is 63.4 cm³/mol. The Bertz CT molecular complexity index is 622. The molecule has 0 aliphatic heterocycles. The van der Waals surface area contributed by atoms with Crippen molar-refractivity contribution in [2.24, 2.45) is 0 Å². The number of carbonyl (C=O) groups is 1. The third-order valence-electron chi connectivity index (χ3n) is 2.25. The lowest BCUT2D eigenvalue weighted by Crippen LogP contribution is -2.18. The fourth-order valence-electron chi connectivity index (χ4n) is 1.47. The molecule has 1 atom stereocenters. The molecule has 0 amide bonds. The second kappa shape index (κ2) is 4.77. The molecule has 1 unspecified atom stereocenters. The van der Waals surface area contributed by atoms with Crippen LogP contribution in [0.25, 0.3) is 11.0 Å². The van der Waals surface area contributed by atoms with Crippen molar-refractivity contribution in [3.8, 4) is 0 Å². The van der Waals surface area contributed by atoms with E-state index in [2.05, 4.69) is 4.28 Å². The summed E-state index contributed by atoms with van der Waals surface area (Å²) in [5, 5.41) is 10.4. The summed E-state index contributed by atoms with van der Waals surface area (Å²) in [6, 6.07) is 6.07. The van der Waals surface area contributed by atoms with Crippen molar-refractivity contribution in [3.05, 3.63) is 30.0 Å². The van der Waals surface area contributed by atoms with Crippen LogP contribution in [0.3, 0.4) is 0 Å². The summed E-state index contributed by atoms with van der Waals surface area (Å²) in [6.45, 7) is 0. The van der Waals surface area contributed by atoms with Gasteiger partial charge in [0.15, 0.2) is 0 Å². The molecule has 0 spiro atoms. The van der Waals surface area contributed by atoms with E-state index in [1.54, 1.807) is 18.2 Å². The molecule has 0 aliphatic carbocycles. The van der Waals surface area contributed by atoms with Gasteiger partial charge in [0.1, 0.15) is 5.58 Å². The first-order valence-corrected chi connectivity index (χ1v) is 5.80. The largest absolute Gasteiger partial charge is 0.475 e. The maximum Gasteiger partial charge on any atom is 0.371 e. The van der Waals surface area contributed by atoms with Crippen LogP contribution in [0.4, 0.5) is 5.69 Å². The molecule has 8 heteroatoms. The average molecular weight is 271 g/mol. The Kier molecular flexibility index (Phi) is 3.32. The highest BCUT2D eigenvalue weighted by Crippen LogP contribution is 2.25. The summed E-state index contributed by atoms with van der Waals surface area (Å²) in [6.07, 6.45) is 0. The minimum atomic E-state index is -2.42. The topological polar surface area (TPSA) is 100 Å². The van der Waals surface area contributed by atoms with E-state index in [0.717, 1.165) is 5.06 Å². The summed E-state index contributed by atoms with van der Waals surface area (Å²) in [5.41, 5.74) is 0.900. The summed E-state index contributed by atoms with van der Waals surface area (Å²) in [4.78, 5) is 10.7. The molecule has 2 rings (SSSR count). The van der Waals surface area contributed by atoms with Gasteiger partial charge >= 0.3 is 17.3 Å². The molecule has 96 valence electrons. The highest BCUT2D eigenvalue weighted by atomic mass is 32.2. The zero-order chi connectivity index (χ0) is 13.3. The van der Waals surface area contributed by atoms with Crippen LogP contribution in [0.15, 0.2) is 28.7 Å². The fourth-order valence-corrected chi connectivity index (χ4v) is 1.75. The number of hydrogen-bond acceptors (Lipinski definition) is 5. The number of anilines is 1. The van der Waals surface area contributed by atoms with Crippen LogP contribution >= 0.6 is 0 Å². The summed E-state index contributed by atoms with van der Waals surface area (Å²) >= 11 is -2.42. The van der Waals surface area contributed by atoms with Crippen molar-refractivity contribution >= 4 is 34.0 Å². The van der Waals surface area contributed by atoms with Crippen LogP contribution < -0.4 is 5.06 Å². The SMILES string of the molecule is CN(OS(=O)O)c1ccc2oc(C(=O)O)cc2c1. The minimum absolute atomic E-state index is 0.170. The molecule has 0 aliphatic rings. The number of hydroxylamine groups is 1. The molecule has 1 heterocycles. The number of aromatic carboxylic acids is 1. The smallest absolute Gasteiger partial charge is 0.371 e. The lowest BCUT2D eigenvalue weighted by atomic mass is 10.2. The highest BCUT2D eigenvalue weighted by Gasteiger charge is 2.12. The maximum absolute atomic E-state index is 10.7. The standard InChI is InChI=1S/C10H9NO6S/c1-11(17-18(14)15)7-2-3-8-6(4-7)5-9(16-8)10(12)13/h2-5H,1H3,(H,12,13)(H,14,15). The Balaban J connectivity index is 2.37. The molecular formula is C10H9NO6S. The molecule has 0 fully saturated rings. The van der Waals surface area contributed by atoms with Crippen molar-refractivity contribution in [2.45, 2.75) is 0 Å². The Morgan fingerprint density at radius 1 is 1.44 bits per heavy atom. The van der Waals surface area contributed by atoms with Gasteiger partial charge < -0.3 is 9.52 Å². The van der Waals surface area contributed by atoms with Gasteiger partial charge in [-0.15, -0.1) is 4.28 Å². The van der Waals surface area contributed by atoms with E-state index in [1.807, 2.05) is 0 Å². The average Bonchev–Trinajstić information content (AvgIpc) is 2.70. The summed E-state index contributed by atoms with van der Waals surface area (Å²) in [5.74, 6) is -1.33. The van der Waals surface area contributed by atoms with E-state index in [0.29, 0.717) is 16.7 Å². The van der Waals surface area contributed by atoms with E-state index < -0.39 is 17.3 Å². The first kappa shape index (κ1) is 12.6. The normalized spacial score (nSPS) is 12.6. The monoisotopic (exact) mass is 271 g/mol. The lowest BCUT2D eigenvalue weighted by Gasteiger charge is -2.14. The first-order chi connectivity index (χ1) is 8.47. The highest BCUT2D eigenvalue weighted by molar-refractivity contribution is 7.74. The van der Waals surface area contributed by atoms with Crippen molar-refractivity contribution in [3.63, 3.8) is 0 Å². The molecule has 18 heavy (non-hydrogen) atoms. The zero-order valence-electron chi connectivity index (χ0n) is 9.19. The number of carboxylic acid groups (broad SMARTS) is 1. The third-order valence-corrected chi connectivity index (χ3v) is 2.60. The Morgan fingerprint density at radius 2 is 2.17 bits per heavy atom. The number of carboxylic acids is 1. The van der Waals surface area contributed by atoms with Crippen molar-refractivity contribution < 1.29 is 27.4 Å². The number of hydrogen-bond donors (Lipinski definition) is 2. The Morgan fingerprint density at radius 3 is 2.78 bits per heavy atom. The van der Waals surface area contributed by atoms with Crippen LogP contribution in [-0.4, -0.2) is 26.9 Å². The lowest BCUT2D eigenvalue weighted by molar-refractivity contribution is 0.0665. The van der Waals surface area contributed by atoms with E-state index in [9.17, 15) is 9.00 Å². The van der Waals surface area contributed by atoms with Crippen molar-refractivity contribution in [1.29, 1.82) is 0 Å². The van der Waals surface area contributed by atoms with E-state index in [-0.39, 0.29) is 5.76 Å². The molecule has 2 aromatic rings. The molecular weight excluding hydrogens is 262 g/mol. The summed E-state index contributed by atoms with van der Waals surface area (Å²) in [7, 11) is 1.45.